The highest BCUT2D eigenvalue weighted by molar-refractivity contribution is 5.42. The predicted molar refractivity (Wildman–Crippen MR) is 74.7 cm³/mol. The molecule has 1 fully saturated rings. The average molecular weight is 248 g/mol. The van der Waals surface area contributed by atoms with Crippen molar-refractivity contribution in [1.82, 2.24) is 9.97 Å². The Morgan fingerprint density at radius 2 is 2.22 bits per heavy atom. The van der Waals surface area contributed by atoms with Crippen LogP contribution in [0.3, 0.4) is 0 Å². The maximum absolute atomic E-state index is 5.94. The summed E-state index contributed by atoms with van der Waals surface area (Å²) in [7, 11) is 0. The minimum atomic E-state index is 0.415. The molecule has 4 nitrogen and oxygen atoms in total. The van der Waals surface area contributed by atoms with Crippen molar-refractivity contribution in [1.29, 1.82) is 0 Å². The van der Waals surface area contributed by atoms with E-state index in [1.807, 2.05) is 6.92 Å². The minimum absolute atomic E-state index is 0.415. The Morgan fingerprint density at radius 1 is 1.44 bits per heavy atom. The predicted octanol–water partition coefficient (Wildman–Crippen LogP) is 1.91. The molecule has 1 saturated heterocycles. The quantitative estimate of drug-likeness (QED) is 0.888. The van der Waals surface area contributed by atoms with Gasteiger partial charge in [-0.15, -0.1) is 0 Å². The zero-order valence-electron chi connectivity index (χ0n) is 11.7. The number of hydrogen-bond donors (Lipinski definition) is 1. The molecule has 1 aliphatic rings. The van der Waals surface area contributed by atoms with E-state index in [0.717, 1.165) is 30.3 Å². The monoisotopic (exact) mass is 248 g/mol. The number of nitrogens with zero attached hydrogens (tertiary/aromatic N) is 3. The van der Waals surface area contributed by atoms with Gasteiger partial charge < -0.3 is 10.6 Å². The van der Waals surface area contributed by atoms with Crippen molar-refractivity contribution in [2.45, 2.75) is 46.1 Å². The van der Waals surface area contributed by atoms with Crippen LogP contribution in [-0.4, -0.2) is 29.1 Å². The summed E-state index contributed by atoms with van der Waals surface area (Å²) in [5.41, 5.74) is 6.99. The van der Waals surface area contributed by atoms with Gasteiger partial charge in [-0.1, -0.05) is 13.8 Å². The van der Waals surface area contributed by atoms with E-state index in [2.05, 4.69) is 34.8 Å². The first-order valence-electron chi connectivity index (χ1n) is 6.97. The van der Waals surface area contributed by atoms with E-state index in [-0.39, 0.29) is 0 Å². The molecule has 0 radical (unpaired) electrons. The van der Waals surface area contributed by atoms with E-state index >= 15 is 0 Å². The summed E-state index contributed by atoms with van der Waals surface area (Å²) in [5, 5.41) is 0. The number of anilines is 1. The van der Waals surface area contributed by atoms with Gasteiger partial charge in [0.05, 0.1) is 0 Å². The first kappa shape index (κ1) is 13.3. The van der Waals surface area contributed by atoms with Crippen molar-refractivity contribution in [3.63, 3.8) is 0 Å². The van der Waals surface area contributed by atoms with Crippen molar-refractivity contribution in [3.8, 4) is 0 Å². The van der Waals surface area contributed by atoms with Gasteiger partial charge in [0.15, 0.2) is 0 Å². The normalized spacial score (nSPS) is 24.3. The molecule has 1 aromatic rings. The molecule has 0 bridgehead atoms. The lowest BCUT2D eigenvalue weighted by molar-refractivity contribution is 0.347. The van der Waals surface area contributed by atoms with E-state index in [4.69, 9.17) is 5.73 Å². The lowest BCUT2D eigenvalue weighted by Gasteiger charge is -2.40. The number of nitrogens with two attached hydrogens (primary N) is 1. The van der Waals surface area contributed by atoms with Gasteiger partial charge in [0, 0.05) is 37.3 Å². The fourth-order valence-corrected chi connectivity index (χ4v) is 2.81. The second-order valence-electron chi connectivity index (χ2n) is 5.25. The Bertz CT molecular complexity index is 405. The van der Waals surface area contributed by atoms with Crippen LogP contribution in [0.5, 0.6) is 0 Å². The molecule has 0 saturated carbocycles. The van der Waals surface area contributed by atoms with Gasteiger partial charge >= 0.3 is 0 Å². The minimum Gasteiger partial charge on any atom is -0.352 e. The number of rotatable bonds is 3. The van der Waals surface area contributed by atoms with Crippen molar-refractivity contribution in [2.24, 2.45) is 11.7 Å². The van der Waals surface area contributed by atoms with E-state index in [1.54, 1.807) is 0 Å². The molecule has 0 amide bonds. The molecule has 2 N–H and O–H groups in total. The Labute approximate surface area is 110 Å². The first-order valence-corrected chi connectivity index (χ1v) is 6.97. The number of piperidine rings is 1. The van der Waals surface area contributed by atoms with Crippen LogP contribution in [0, 0.1) is 12.8 Å². The lowest BCUT2D eigenvalue weighted by atomic mass is 9.91. The Hall–Kier alpha value is -1.16. The van der Waals surface area contributed by atoms with Crippen molar-refractivity contribution < 1.29 is 0 Å². The van der Waals surface area contributed by atoms with Gasteiger partial charge in [0.1, 0.15) is 11.6 Å². The van der Waals surface area contributed by atoms with Gasteiger partial charge in [-0.2, -0.15) is 0 Å². The zero-order valence-corrected chi connectivity index (χ0v) is 11.7. The van der Waals surface area contributed by atoms with Crippen molar-refractivity contribution in [3.05, 3.63) is 17.6 Å². The molecular formula is C14H24N4. The molecule has 1 aromatic heterocycles. The van der Waals surface area contributed by atoms with E-state index in [1.165, 1.54) is 12.8 Å². The van der Waals surface area contributed by atoms with Crippen LogP contribution in [0.4, 0.5) is 5.82 Å². The molecule has 0 spiro atoms. The molecule has 100 valence electrons. The van der Waals surface area contributed by atoms with E-state index in [0.29, 0.717) is 18.5 Å². The molecule has 2 unspecified atom stereocenters. The summed E-state index contributed by atoms with van der Waals surface area (Å²) < 4.78 is 0. The highest BCUT2D eigenvalue weighted by atomic mass is 15.2. The van der Waals surface area contributed by atoms with Crippen LogP contribution in [-0.2, 0) is 6.42 Å². The summed E-state index contributed by atoms with van der Waals surface area (Å²) in [5.74, 6) is 2.63. The SMILES string of the molecule is CCc1nc(C)cc(N2CCCC(C)C2CN)n1. The largest absolute Gasteiger partial charge is 0.352 e. The number of hydrogen-bond acceptors (Lipinski definition) is 4. The first-order chi connectivity index (χ1) is 8.65. The molecule has 2 rings (SSSR count). The highest BCUT2D eigenvalue weighted by Gasteiger charge is 2.28. The second kappa shape index (κ2) is 5.65. The fourth-order valence-electron chi connectivity index (χ4n) is 2.81. The number of aryl methyl sites for hydroxylation is 2. The topological polar surface area (TPSA) is 55.0 Å². The van der Waals surface area contributed by atoms with Crippen LogP contribution in [0.15, 0.2) is 6.07 Å². The summed E-state index contributed by atoms with van der Waals surface area (Å²) >= 11 is 0. The van der Waals surface area contributed by atoms with Gasteiger partial charge in [-0.3, -0.25) is 0 Å². The van der Waals surface area contributed by atoms with Crippen LogP contribution >= 0.6 is 0 Å². The van der Waals surface area contributed by atoms with Gasteiger partial charge in [0.2, 0.25) is 0 Å². The highest BCUT2D eigenvalue weighted by Crippen LogP contribution is 2.27. The molecule has 0 aromatic carbocycles. The van der Waals surface area contributed by atoms with Crippen LogP contribution in [0.1, 0.15) is 38.2 Å². The summed E-state index contributed by atoms with van der Waals surface area (Å²) in [6, 6.07) is 2.50. The maximum Gasteiger partial charge on any atom is 0.132 e. The molecule has 1 aliphatic heterocycles. The Balaban J connectivity index is 2.31. The van der Waals surface area contributed by atoms with E-state index < -0.39 is 0 Å². The maximum atomic E-state index is 5.94. The van der Waals surface area contributed by atoms with Gasteiger partial charge in [-0.25, -0.2) is 9.97 Å². The third-order valence-corrected chi connectivity index (χ3v) is 3.85. The Morgan fingerprint density at radius 3 is 2.89 bits per heavy atom. The van der Waals surface area contributed by atoms with Crippen molar-refractivity contribution in [2.75, 3.05) is 18.0 Å². The number of aromatic nitrogens is 2. The smallest absolute Gasteiger partial charge is 0.132 e. The van der Waals surface area contributed by atoms with Crippen LogP contribution in [0.25, 0.3) is 0 Å². The fraction of sp³-hybridized carbons (Fsp3) is 0.714. The molecule has 0 aliphatic carbocycles. The average Bonchev–Trinajstić information content (AvgIpc) is 2.37. The van der Waals surface area contributed by atoms with Gasteiger partial charge in [-0.05, 0) is 25.7 Å². The van der Waals surface area contributed by atoms with Crippen LogP contribution < -0.4 is 10.6 Å². The second-order valence-corrected chi connectivity index (χ2v) is 5.25. The molecule has 18 heavy (non-hydrogen) atoms. The lowest BCUT2D eigenvalue weighted by Crippen LogP contribution is -2.49. The third-order valence-electron chi connectivity index (χ3n) is 3.85. The zero-order chi connectivity index (χ0) is 13.1. The summed E-state index contributed by atoms with van der Waals surface area (Å²) in [6.45, 7) is 8.18. The van der Waals surface area contributed by atoms with Crippen molar-refractivity contribution >= 4 is 5.82 Å². The molecule has 2 heterocycles. The van der Waals surface area contributed by atoms with Crippen LogP contribution in [0.2, 0.25) is 0 Å². The molecular weight excluding hydrogens is 224 g/mol. The molecule has 2 atom stereocenters. The standard InChI is InChI=1S/C14H24N4/c1-4-13-16-11(3)8-14(17-13)18-7-5-6-10(2)12(18)9-15/h8,10,12H,4-7,9,15H2,1-3H3. The molecule has 4 heteroatoms. The third kappa shape index (κ3) is 2.64. The summed E-state index contributed by atoms with van der Waals surface area (Å²) in [4.78, 5) is 11.5. The summed E-state index contributed by atoms with van der Waals surface area (Å²) in [6.07, 6.45) is 3.37. The van der Waals surface area contributed by atoms with Gasteiger partial charge in [0.25, 0.3) is 0 Å². The Kier molecular flexibility index (Phi) is 4.17. The van der Waals surface area contributed by atoms with E-state index in [9.17, 15) is 0 Å².